The van der Waals surface area contributed by atoms with E-state index in [4.69, 9.17) is 10.00 Å². The van der Waals surface area contributed by atoms with Crippen molar-refractivity contribution in [2.24, 2.45) is 5.41 Å². The fourth-order valence-electron chi connectivity index (χ4n) is 3.28. The van der Waals surface area contributed by atoms with Crippen LogP contribution in [-0.2, 0) is 4.74 Å². The van der Waals surface area contributed by atoms with Crippen LogP contribution in [-0.4, -0.2) is 31.3 Å². The summed E-state index contributed by atoms with van der Waals surface area (Å²) < 4.78 is 5.81. The molecule has 100 valence electrons. The summed E-state index contributed by atoms with van der Waals surface area (Å²) in [7, 11) is 0. The molecule has 0 aromatic carbocycles. The molecule has 3 rings (SSSR count). The molecule has 2 heterocycles. The Morgan fingerprint density at radius 3 is 2.84 bits per heavy atom. The van der Waals surface area contributed by atoms with Crippen molar-refractivity contribution in [1.82, 2.24) is 4.98 Å². The molecule has 4 nitrogen and oxygen atoms in total. The van der Waals surface area contributed by atoms with Crippen LogP contribution in [0.5, 0.6) is 0 Å². The number of anilines is 1. The molecule has 2 aliphatic rings. The van der Waals surface area contributed by atoms with Gasteiger partial charge in [-0.2, -0.15) is 5.26 Å². The Bertz CT molecular complexity index is 471. The standard InChI is InChI=1S/C15H19N3O/c16-9-13-3-4-14(10-17-13)18-7-8-19-12-15(11-18)5-1-2-6-15/h3-4,10H,1-2,5-8,11-12H2. The highest BCUT2D eigenvalue weighted by atomic mass is 16.5. The molecule has 1 aliphatic carbocycles. The lowest BCUT2D eigenvalue weighted by atomic mass is 9.86. The molecule has 0 atom stereocenters. The van der Waals surface area contributed by atoms with Gasteiger partial charge in [0.25, 0.3) is 0 Å². The van der Waals surface area contributed by atoms with Gasteiger partial charge in [-0.3, -0.25) is 0 Å². The van der Waals surface area contributed by atoms with E-state index in [1.807, 2.05) is 12.3 Å². The van der Waals surface area contributed by atoms with Crippen molar-refractivity contribution in [3.8, 4) is 6.07 Å². The number of rotatable bonds is 1. The fraction of sp³-hybridized carbons (Fsp3) is 0.600. The average Bonchev–Trinajstić information content (AvgIpc) is 2.80. The highest BCUT2D eigenvalue weighted by Gasteiger charge is 2.37. The summed E-state index contributed by atoms with van der Waals surface area (Å²) in [6, 6.07) is 5.86. The van der Waals surface area contributed by atoms with Crippen molar-refractivity contribution in [3.05, 3.63) is 24.0 Å². The van der Waals surface area contributed by atoms with Gasteiger partial charge in [0.05, 0.1) is 25.1 Å². The minimum atomic E-state index is 0.338. The smallest absolute Gasteiger partial charge is 0.140 e. The largest absolute Gasteiger partial charge is 0.379 e. The average molecular weight is 257 g/mol. The fourth-order valence-corrected chi connectivity index (χ4v) is 3.28. The summed E-state index contributed by atoms with van der Waals surface area (Å²) >= 11 is 0. The Balaban J connectivity index is 1.80. The first-order chi connectivity index (χ1) is 9.31. The van der Waals surface area contributed by atoms with Gasteiger partial charge in [-0.15, -0.1) is 0 Å². The predicted molar refractivity (Wildman–Crippen MR) is 72.9 cm³/mol. The third-order valence-electron chi connectivity index (χ3n) is 4.33. The first-order valence-corrected chi connectivity index (χ1v) is 7.00. The number of ether oxygens (including phenoxy) is 1. The zero-order valence-corrected chi connectivity index (χ0v) is 11.1. The molecule has 1 aromatic rings. The van der Waals surface area contributed by atoms with Crippen LogP contribution in [0.1, 0.15) is 31.4 Å². The van der Waals surface area contributed by atoms with Crippen LogP contribution < -0.4 is 4.90 Å². The van der Waals surface area contributed by atoms with Crippen molar-refractivity contribution in [1.29, 1.82) is 5.26 Å². The van der Waals surface area contributed by atoms with Gasteiger partial charge in [0.15, 0.2) is 0 Å². The van der Waals surface area contributed by atoms with E-state index in [1.165, 1.54) is 25.7 Å². The van der Waals surface area contributed by atoms with Gasteiger partial charge in [0, 0.05) is 18.5 Å². The zero-order valence-electron chi connectivity index (χ0n) is 11.1. The quantitative estimate of drug-likeness (QED) is 0.775. The maximum Gasteiger partial charge on any atom is 0.140 e. The van der Waals surface area contributed by atoms with E-state index in [2.05, 4.69) is 16.0 Å². The maximum absolute atomic E-state index is 8.81. The third-order valence-corrected chi connectivity index (χ3v) is 4.33. The van der Waals surface area contributed by atoms with E-state index >= 15 is 0 Å². The van der Waals surface area contributed by atoms with Crippen molar-refractivity contribution >= 4 is 5.69 Å². The van der Waals surface area contributed by atoms with Crippen LogP contribution in [0.4, 0.5) is 5.69 Å². The van der Waals surface area contributed by atoms with Crippen LogP contribution in [0.3, 0.4) is 0 Å². The van der Waals surface area contributed by atoms with Gasteiger partial charge in [-0.1, -0.05) is 12.8 Å². The number of aromatic nitrogens is 1. The van der Waals surface area contributed by atoms with E-state index in [0.717, 1.165) is 32.0 Å². The van der Waals surface area contributed by atoms with Crippen LogP contribution in [0, 0.1) is 16.7 Å². The van der Waals surface area contributed by atoms with Crippen molar-refractivity contribution < 1.29 is 4.74 Å². The molecule has 0 bridgehead atoms. The number of hydrogen-bond donors (Lipinski definition) is 0. The molecule has 1 aromatic heterocycles. The van der Waals surface area contributed by atoms with E-state index in [1.54, 1.807) is 6.07 Å². The van der Waals surface area contributed by atoms with Gasteiger partial charge in [0.1, 0.15) is 11.8 Å². The molecule has 4 heteroatoms. The van der Waals surface area contributed by atoms with Crippen LogP contribution in [0.25, 0.3) is 0 Å². The second-order valence-electron chi connectivity index (χ2n) is 5.69. The lowest BCUT2D eigenvalue weighted by Crippen LogP contribution is -2.36. The molecule has 1 saturated heterocycles. The molecule has 0 amide bonds. The van der Waals surface area contributed by atoms with Crippen LogP contribution in [0.2, 0.25) is 0 Å². The van der Waals surface area contributed by atoms with Gasteiger partial charge in [-0.05, 0) is 25.0 Å². The summed E-state index contributed by atoms with van der Waals surface area (Å²) in [5.74, 6) is 0. The molecular formula is C15H19N3O. The lowest BCUT2D eigenvalue weighted by Gasteiger charge is -2.32. The van der Waals surface area contributed by atoms with Crippen LogP contribution in [0.15, 0.2) is 18.3 Å². The van der Waals surface area contributed by atoms with E-state index in [0.29, 0.717) is 11.1 Å². The number of nitriles is 1. The van der Waals surface area contributed by atoms with E-state index in [-0.39, 0.29) is 0 Å². The summed E-state index contributed by atoms with van der Waals surface area (Å²) in [5.41, 5.74) is 1.92. The summed E-state index contributed by atoms with van der Waals surface area (Å²) in [6.45, 7) is 3.64. The Kier molecular flexibility index (Phi) is 3.39. The third kappa shape index (κ3) is 2.57. The highest BCUT2D eigenvalue weighted by Crippen LogP contribution is 2.40. The Labute approximate surface area is 114 Å². The van der Waals surface area contributed by atoms with Gasteiger partial charge in [-0.25, -0.2) is 4.98 Å². The molecule has 1 spiro atoms. The second kappa shape index (κ2) is 5.18. The molecular weight excluding hydrogens is 238 g/mol. The van der Waals surface area contributed by atoms with Crippen LogP contribution >= 0.6 is 0 Å². The monoisotopic (exact) mass is 257 g/mol. The van der Waals surface area contributed by atoms with E-state index < -0.39 is 0 Å². The summed E-state index contributed by atoms with van der Waals surface area (Å²) in [6.07, 6.45) is 7.00. The maximum atomic E-state index is 8.81. The summed E-state index contributed by atoms with van der Waals surface area (Å²) in [4.78, 5) is 6.54. The topological polar surface area (TPSA) is 49.2 Å². The lowest BCUT2D eigenvalue weighted by molar-refractivity contribution is 0.0733. The molecule has 0 radical (unpaired) electrons. The molecule has 1 saturated carbocycles. The van der Waals surface area contributed by atoms with E-state index in [9.17, 15) is 0 Å². The highest BCUT2D eigenvalue weighted by molar-refractivity contribution is 5.46. The molecule has 0 N–H and O–H groups in total. The first-order valence-electron chi connectivity index (χ1n) is 7.00. The second-order valence-corrected chi connectivity index (χ2v) is 5.69. The Hall–Kier alpha value is -1.60. The summed E-state index contributed by atoms with van der Waals surface area (Å²) in [5, 5.41) is 8.81. The number of hydrogen-bond acceptors (Lipinski definition) is 4. The Morgan fingerprint density at radius 2 is 2.16 bits per heavy atom. The normalized spacial score (nSPS) is 22.2. The minimum absolute atomic E-state index is 0.338. The minimum Gasteiger partial charge on any atom is -0.379 e. The number of nitrogens with zero attached hydrogens (tertiary/aromatic N) is 3. The first kappa shape index (κ1) is 12.4. The number of pyridine rings is 1. The molecule has 19 heavy (non-hydrogen) atoms. The molecule has 2 fully saturated rings. The van der Waals surface area contributed by atoms with Gasteiger partial charge in [0.2, 0.25) is 0 Å². The van der Waals surface area contributed by atoms with Crippen molar-refractivity contribution in [2.75, 3.05) is 31.2 Å². The zero-order chi connectivity index (χ0) is 13.1. The predicted octanol–water partition coefficient (Wildman–Crippen LogP) is 2.35. The molecule has 0 unspecified atom stereocenters. The van der Waals surface area contributed by atoms with Gasteiger partial charge >= 0.3 is 0 Å². The van der Waals surface area contributed by atoms with Gasteiger partial charge < -0.3 is 9.64 Å². The Morgan fingerprint density at radius 1 is 1.32 bits per heavy atom. The molecule has 1 aliphatic heterocycles. The SMILES string of the molecule is N#Cc1ccc(N2CCOCC3(CCCC3)C2)cn1. The van der Waals surface area contributed by atoms with Crippen molar-refractivity contribution in [2.45, 2.75) is 25.7 Å². The van der Waals surface area contributed by atoms with Crippen molar-refractivity contribution in [3.63, 3.8) is 0 Å².